The highest BCUT2D eigenvalue weighted by molar-refractivity contribution is 7.89. The van der Waals surface area contributed by atoms with Crippen molar-refractivity contribution in [2.45, 2.75) is 61.9 Å². The first-order valence-electron chi connectivity index (χ1n) is 13.7. The molecule has 42 heavy (non-hydrogen) atoms. The Morgan fingerprint density at radius 1 is 0.929 bits per heavy atom. The largest absolute Gasteiger partial charge is 0.469 e. The molecule has 1 fully saturated rings. The molecule has 1 saturated carbocycles. The molecule has 0 aliphatic heterocycles. The molecule has 3 atom stereocenters. The Labute approximate surface area is 244 Å². The molecular weight excluding hydrogens is 567 g/mol. The molecule has 224 valence electrons. The second-order valence-electron chi connectivity index (χ2n) is 10.2. The Balaban J connectivity index is 1.44. The van der Waals surface area contributed by atoms with Crippen LogP contribution in [0, 0.1) is 5.92 Å². The van der Waals surface area contributed by atoms with Gasteiger partial charge in [0.1, 0.15) is 0 Å². The number of carbonyl (C=O) groups is 1. The van der Waals surface area contributed by atoms with Crippen LogP contribution in [0.15, 0.2) is 95.9 Å². The first-order valence-corrected chi connectivity index (χ1v) is 15.2. The molecule has 0 amide bonds. The second-order valence-corrected chi connectivity index (χ2v) is 11.9. The molecule has 0 unspecified atom stereocenters. The zero-order chi connectivity index (χ0) is 30.2. The third kappa shape index (κ3) is 8.53. The zero-order valence-corrected chi connectivity index (χ0v) is 24.0. The maximum absolute atomic E-state index is 13.1. The van der Waals surface area contributed by atoms with Crippen LogP contribution in [0.5, 0.6) is 0 Å². The monoisotopic (exact) mass is 601 g/mol. The Morgan fingerprint density at radius 2 is 1.60 bits per heavy atom. The minimum Gasteiger partial charge on any atom is -0.469 e. The van der Waals surface area contributed by atoms with Crippen molar-refractivity contribution < 1.29 is 35.9 Å². The zero-order valence-electron chi connectivity index (χ0n) is 23.2. The third-order valence-electron chi connectivity index (χ3n) is 7.40. The number of carbonyl (C=O) groups excluding carboxylic acids is 1. The number of sulfonamides is 1. The number of benzene rings is 3. The number of ether oxygens (including phenoxy) is 2. The predicted octanol–water partition coefficient (Wildman–Crippen LogP) is 6.91. The highest BCUT2D eigenvalue weighted by atomic mass is 32.2. The van der Waals surface area contributed by atoms with E-state index in [1.807, 2.05) is 66.7 Å². The van der Waals surface area contributed by atoms with E-state index >= 15 is 0 Å². The summed E-state index contributed by atoms with van der Waals surface area (Å²) in [6.45, 7) is 0.348. The van der Waals surface area contributed by atoms with Gasteiger partial charge in [0.05, 0.1) is 30.3 Å². The predicted molar refractivity (Wildman–Crippen MR) is 154 cm³/mol. The molecule has 1 aliphatic carbocycles. The maximum Gasteiger partial charge on any atom is 0.416 e. The van der Waals surface area contributed by atoms with Crippen LogP contribution in [0.2, 0.25) is 0 Å². The molecule has 10 heteroatoms. The Kier molecular flexibility index (Phi) is 10.6. The van der Waals surface area contributed by atoms with Gasteiger partial charge in [-0.25, -0.2) is 13.1 Å². The number of rotatable bonds is 12. The molecule has 6 nitrogen and oxygen atoms in total. The van der Waals surface area contributed by atoms with Crippen LogP contribution in [0.4, 0.5) is 13.2 Å². The molecule has 0 saturated heterocycles. The van der Waals surface area contributed by atoms with Gasteiger partial charge in [-0.2, -0.15) is 13.2 Å². The summed E-state index contributed by atoms with van der Waals surface area (Å²) in [5.41, 5.74) is 2.27. The van der Waals surface area contributed by atoms with E-state index in [-0.39, 0.29) is 29.3 Å². The van der Waals surface area contributed by atoms with Crippen molar-refractivity contribution in [3.05, 3.63) is 102 Å². The van der Waals surface area contributed by atoms with Gasteiger partial charge in [0, 0.05) is 18.4 Å². The van der Waals surface area contributed by atoms with Crippen LogP contribution in [-0.2, 0) is 37.1 Å². The van der Waals surface area contributed by atoms with Crippen LogP contribution >= 0.6 is 0 Å². The summed E-state index contributed by atoms with van der Waals surface area (Å²) in [7, 11) is -2.74. The number of allylic oxidation sites excluding steroid dienone is 2. The fourth-order valence-electron chi connectivity index (χ4n) is 5.09. The molecular formula is C32H34F3NO5S. The number of hydrogen-bond acceptors (Lipinski definition) is 5. The molecule has 0 radical (unpaired) electrons. The van der Waals surface area contributed by atoms with Crippen LogP contribution in [0.3, 0.4) is 0 Å². The molecule has 0 heterocycles. The van der Waals surface area contributed by atoms with Crippen LogP contribution in [0.1, 0.15) is 43.2 Å². The Morgan fingerprint density at radius 3 is 2.24 bits per heavy atom. The Hall–Kier alpha value is -3.47. The normalized spacial score (nSPS) is 19.3. The first-order chi connectivity index (χ1) is 20.1. The average Bonchev–Trinajstić information content (AvgIpc) is 3.36. The summed E-state index contributed by atoms with van der Waals surface area (Å²) in [6.07, 6.45) is 1.31. The molecule has 0 aromatic heterocycles. The number of esters is 1. The van der Waals surface area contributed by atoms with Gasteiger partial charge in [-0.05, 0) is 66.6 Å². The van der Waals surface area contributed by atoms with Gasteiger partial charge in [-0.15, -0.1) is 0 Å². The van der Waals surface area contributed by atoms with Crippen molar-refractivity contribution in [3.8, 4) is 11.1 Å². The van der Waals surface area contributed by atoms with E-state index in [1.165, 1.54) is 7.11 Å². The molecule has 0 bridgehead atoms. The van der Waals surface area contributed by atoms with Crippen molar-refractivity contribution in [1.82, 2.24) is 4.72 Å². The van der Waals surface area contributed by atoms with Crippen LogP contribution in [-0.4, -0.2) is 33.6 Å². The number of nitrogens with one attached hydrogen (secondary N) is 1. The second kappa shape index (κ2) is 14.1. The van der Waals surface area contributed by atoms with E-state index < -0.39 is 27.8 Å². The molecule has 0 spiro atoms. The van der Waals surface area contributed by atoms with E-state index in [2.05, 4.69) is 9.46 Å². The summed E-state index contributed by atoms with van der Waals surface area (Å²) in [5, 5.41) is 0. The van der Waals surface area contributed by atoms with Gasteiger partial charge in [0.2, 0.25) is 10.0 Å². The standard InChI is InChI=1S/C32H34F3NO5S/c1-40-31(37)11-7-3-6-10-28-29(36-42(38,39)27-18-16-26(17-19-27)32(33,34)35)20-21-30(28)41-22-23-12-14-25(15-13-23)24-8-4-2-5-9-24/h2-6,8-9,12-19,28-30,36H,7,10-11,20-22H2,1H3/t28-,29+,30+/m1/s1. The summed E-state index contributed by atoms with van der Waals surface area (Å²) in [5.74, 6) is -0.533. The quantitative estimate of drug-likeness (QED) is 0.180. The number of hydrogen-bond donors (Lipinski definition) is 1. The van der Waals surface area contributed by atoms with E-state index in [4.69, 9.17) is 4.74 Å². The van der Waals surface area contributed by atoms with Crippen molar-refractivity contribution in [2.75, 3.05) is 7.11 Å². The van der Waals surface area contributed by atoms with Gasteiger partial charge in [0.15, 0.2) is 0 Å². The lowest BCUT2D eigenvalue weighted by Gasteiger charge is -2.25. The summed E-state index contributed by atoms with van der Waals surface area (Å²) < 4.78 is 78.8. The lowest BCUT2D eigenvalue weighted by Crippen LogP contribution is -2.39. The van der Waals surface area contributed by atoms with Crippen LogP contribution < -0.4 is 4.72 Å². The fourth-order valence-corrected chi connectivity index (χ4v) is 6.41. The molecule has 3 aromatic carbocycles. The molecule has 1 aliphatic rings. The summed E-state index contributed by atoms with van der Waals surface area (Å²) >= 11 is 0. The number of halogens is 3. The molecule has 4 rings (SSSR count). The van der Waals surface area contributed by atoms with E-state index in [9.17, 15) is 26.4 Å². The first kappa shape index (κ1) is 31.5. The Bertz CT molecular complexity index is 1440. The SMILES string of the molecule is COC(=O)CCC=CC[C@@H]1[C@@H](NS(=O)(=O)c2ccc(C(F)(F)F)cc2)CC[C@@H]1OCc1ccc(-c2ccccc2)cc1. The highest BCUT2D eigenvalue weighted by Gasteiger charge is 2.39. The molecule has 3 aromatic rings. The lowest BCUT2D eigenvalue weighted by atomic mass is 9.97. The topological polar surface area (TPSA) is 81.7 Å². The van der Waals surface area contributed by atoms with Crippen molar-refractivity contribution >= 4 is 16.0 Å². The minimum atomic E-state index is -4.56. The molecule has 1 N–H and O–H groups in total. The highest BCUT2D eigenvalue weighted by Crippen LogP contribution is 2.34. The lowest BCUT2D eigenvalue weighted by molar-refractivity contribution is -0.140. The van der Waals surface area contributed by atoms with Crippen LogP contribution in [0.25, 0.3) is 11.1 Å². The van der Waals surface area contributed by atoms with Gasteiger partial charge in [0.25, 0.3) is 0 Å². The summed E-state index contributed by atoms with van der Waals surface area (Å²) in [6, 6.07) is 21.1. The number of alkyl halides is 3. The number of methoxy groups -OCH3 is 1. The average molecular weight is 602 g/mol. The van der Waals surface area contributed by atoms with E-state index in [0.29, 0.717) is 32.3 Å². The third-order valence-corrected chi connectivity index (χ3v) is 8.90. The maximum atomic E-state index is 13.1. The van der Waals surface area contributed by atoms with E-state index in [0.717, 1.165) is 41.0 Å². The van der Waals surface area contributed by atoms with Gasteiger partial charge < -0.3 is 9.47 Å². The van der Waals surface area contributed by atoms with Gasteiger partial charge in [-0.1, -0.05) is 66.7 Å². The summed E-state index contributed by atoms with van der Waals surface area (Å²) in [4.78, 5) is 11.2. The van der Waals surface area contributed by atoms with Gasteiger partial charge >= 0.3 is 12.1 Å². The smallest absolute Gasteiger partial charge is 0.416 e. The fraction of sp³-hybridized carbons (Fsp3) is 0.344. The van der Waals surface area contributed by atoms with Crippen molar-refractivity contribution in [2.24, 2.45) is 5.92 Å². The van der Waals surface area contributed by atoms with Crippen molar-refractivity contribution in [1.29, 1.82) is 0 Å². The van der Waals surface area contributed by atoms with E-state index in [1.54, 1.807) is 0 Å². The van der Waals surface area contributed by atoms with Gasteiger partial charge in [-0.3, -0.25) is 4.79 Å². The van der Waals surface area contributed by atoms with Crippen molar-refractivity contribution in [3.63, 3.8) is 0 Å². The minimum absolute atomic E-state index is 0.216.